The van der Waals surface area contributed by atoms with Crippen LogP contribution in [0.4, 0.5) is 0 Å². The highest BCUT2D eigenvalue weighted by Gasteiger charge is 2.18. The van der Waals surface area contributed by atoms with Crippen LogP contribution in [0.5, 0.6) is 0 Å². The first kappa shape index (κ1) is 14.9. The summed E-state index contributed by atoms with van der Waals surface area (Å²) in [4.78, 5) is 2.40. The minimum absolute atomic E-state index is 0.527. The van der Waals surface area contributed by atoms with E-state index in [1.54, 1.807) is 0 Å². The van der Waals surface area contributed by atoms with Crippen LogP contribution >= 0.6 is 15.9 Å². The summed E-state index contributed by atoms with van der Waals surface area (Å²) in [5.41, 5.74) is 0. The van der Waals surface area contributed by atoms with Crippen molar-refractivity contribution in [2.24, 2.45) is 11.8 Å². The number of hydrogen-bond donors (Lipinski definition) is 0. The Kier molecular flexibility index (Phi) is 8.09. The van der Waals surface area contributed by atoms with Gasteiger partial charge >= 0.3 is 0 Å². The summed E-state index contributed by atoms with van der Waals surface area (Å²) < 4.78 is 0. The average Bonchev–Trinajstić information content (AvgIpc) is 2.17. The molecule has 3 heteroatoms. The summed E-state index contributed by atoms with van der Waals surface area (Å²) in [6.45, 7) is 10.9. The molecule has 0 spiro atoms. The zero-order valence-corrected chi connectivity index (χ0v) is 11.9. The predicted molar refractivity (Wildman–Crippen MR) is 69.1 cm³/mol. The molecule has 1 unspecified atom stereocenters. The molecule has 1 atom stereocenters. The molecule has 0 fully saturated rings. The van der Waals surface area contributed by atoms with Crippen molar-refractivity contribution in [1.82, 2.24) is 4.90 Å². The molecule has 0 aliphatic rings. The van der Waals surface area contributed by atoms with E-state index in [9.17, 15) is 0 Å². The highest BCUT2D eigenvalue weighted by molar-refractivity contribution is 9.09. The van der Waals surface area contributed by atoms with E-state index in [1.807, 2.05) is 0 Å². The first-order chi connectivity index (χ1) is 7.02. The van der Waals surface area contributed by atoms with E-state index in [-0.39, 0.29) is 0 Å². The Labute approximate surface area is 103 Å². The molecule has 0 aromatic heterocycles. The predicted octanol–water partition coefficient (Wildman–Crippen LogP) is 3.28. The molecule has 0 radical (unpaired) electrons. The van der Waals surface area contributed by atoms with Crippen LogP contribution in [0.15, 0.2) is 0 Å². The Morgan fingerprint density at radius 1 is 1.27 bits per heavy atom. The van der Waals surface area contributed by atoms with E-state index >= 15 is 0 Å². The molecule has 15 heavy (non-hydrogen) atoms. The van der Waals surface area contributed by atoms with E-state index in [0.717, 1.165) is 18.4 Å². The summed E-state index contributed by atoms with van der Waals surface area (Å²) in [7, 11) is 0. The molecule has 0 aromatic carbocycles. The minimum Gasteiger partial charge on any atom is -0.300 e. The average molecular weight is 275 g/mol. The van der Waals surface area contributed by atoms with Gasteiger partial charge in [0.2, 0.25) is 0 Å². The lowest BCUT2D eigenvalue weighted by molar-refractivity contribution is 0.179. The first-order valence-corrected chi connectivity index (χ1v) is 6.82. The maximum absolute atomic E-state index is 8.61. The van der Waals surface area contributed by atoms with Gasteiger partial charge in [-0.3, -0.25) is 4.90 Å². The standard InChI is InChI=1S/C12H23BrN2/c1-10(2)12(8-13)9-15(11(3)4)7-5-6-14/h10-12H,5,7-9H2,1-4H3. The van der Waals surface area contributed by atoms with Crippen LogP contribution in [0.3, 0.4) is 0 Å². The van der Waals surface area contributed by atoms with Crippen molar-refractivity contribution in [3.63, 3.8) is 0 Å². The molecule has 0 amide bonds. The fraction of sp³-hybridized carbons (Fsp3) is 0.917. The van der Waals surface area contributed by atoms with Crippen molar-refractivity contribution < 1.29 is 0 Å². The number of nitrogens with zero attached hydrogens (tertiary/aromatic N) is 2. The van der Waals surface area contributed by atoms with Crippen molar-refractivity contribution in [1.29, 1.82) is 5.26 Å². The Bertz CT molecular complexity index is 196. The molecule has 0 N–H and O–H groups in total. The molecule has 88 valence electrons. The molecule has 0 aromatic rings. The molecule has 0 bridgehead atoms. The molecule has 0 heterocycles. The number of halogens is 1. The monoisotopic (exact) mass is 274 g/mol. The zero-order chi connectivity index (χ0) is 11.8. The Morgan fingerprint density at radius 3 is 2.20 bits per heavy atom. The number of alkyl halides is 1. The SMILES string of the molecule is CC(C)C(CBr)CN(CCC#N)C(C)C. The van der Waals surface area contributed by atoms with E-state index in [4.69, 9.17) is 5.26 Å². The second-order valence-corrected chi connectivity index (χ2v) is 5.30. The van der Waals surface area contributed by atoms with Gasteiger partial charge in [0.1, 0.15) is 0 Å². The van der Waals surface area contributed by atoms with Gasteiger partial charge in [-0.05, 0) is 25.7 Å². The molecular weight excluding hydrogens is 252 g/mol. The van der Waals surface area contributed by atoms with Crippen LogP contribution in [0.1, 0.15) is 34.1 Å². The maximum Gasteiger partial charge on any atom is 0.0635 e. The Morgan fingerprint density at radius 2 is 1.87 bits per heavy atom. The molecular formula is C12H23BrN2. The molecule has 0 saturated heterocycles. The van der Waals surface area contributed by atoms with Gasteiger partial charge < -0.3 is 0 Å². The summed E-state index contributed by atoms with van der Waals surface area (Å²) in [5.74, 6) is 1.36. The second kappa shape index (κ2) is 8.13. The number of rotatable bonds is 7. The molecule has 2 nitrogen and oxygen atoms in total. The third-order valence-corrected chi connectivity index (χ3v) is 3.68. The van der Waals surface area contributed by atoms with Gasteiger partial charge in [0.25, 0.3) is 0 Å². The topological polar surface area (TPSA) is 27.0 Å². The maximum atomic E-state index is 8.61. The van der Waals surface area contributed by atoms with Crippen molar-refractivity contribution in [3.05, 3.63) is 0 Å². The normalized spacial score (nSPS) is 13.5. The van der Waals surface area contributed by atoms with Crippen LogP contribution in [0.2, 0.25) is 0 Å². The van der Waals surface area contributed by atoms with Crippen molar-refractivity contribution in [3.8, 4) is 6.07 Å². The van der Waals surface area contributed by atoms with Crippen LogP contribution in [-0.4, -0.2) is 29.4 Å². The smallest absolute Gasteiger partial charge is 0.0635 e. The fourth-order valence-corrected chi connectivity index (χ4v) is 2.45. The third kappa shape index (κ3) is 6.17. The fourth-order valence-electron chi connectivity index (χ4n) is 1.49. The van der Waals surface area contributed by atoms with Crippen LogP contribution in [0, 0.1) is 23.2 Å². The van der Waals surface area contributed by atoms with E-state index in [0.29, 0.717) is 24.3 Å². The van der Waals surface area contributed by atoms with Gasteiger partial charge in [-0.25, -0.2) is 0 Å². The molecule has 0 aliphatic heterocycles. The zero-order valence-electron chi connectivity index (χ0n) is 10.3. The van der Waals surface area contributed by atoms with Crippen molar-refractivity contribution >= 4 is 15.9 Å². The number of hydrogen-bond acceptors (Lipinski definition) is 2. The Balaban J connectivity index is 4.20. The van der Waals surface area contributed by atoms with Gasteiger partial charge in [-0.15, -0.1) is 0 Å². The summed E-state index contributed by atoms with van der Waals surface area (Å²) >= 11 is 3.57. The number of nitriles is 1. The summed E-state index contributed by atoms with van der Waals surface area (Å²) in [6, 6.07) is 2.75. The second-order valence-electron chi connectivity index (χ2n) is 4.66. The van der Waals surface area contributed by atoms with Crippen LogP contribution < -0.4 is 0 Å². The van der Waals surface area contributed by atoms with Gasteiger partial charge in [0.15, 0.2) is 0 Å². The van der Waals surface area contributed by atoms with E-state index in [1.165, 1.54) is 0 Å². The van der Waals surface area contributed by atoms with Gasteiger partial charge in [0.05, 0.1) is 6.07 Å². The van der Waals surface area contributed by atoms with E-state index in [2.05, 4.69) is 54.6 Å². The van der Waals surface area contributed by atoms with Gasteiger partial charge in [0, 0.05) is 30.9 Å². The van der Waals surface area contributed by atoms with E-state index < -0.39 is 0 Å². The van der Waals surface area contributed by atoms with Crippen molar-refractivity contribution in [2.45, 2.75) is 40.2 Å². The van der Waals surface area contributed by atoms with Crippen LogP contribution in [-0.2, 0) is 0 Å². The molecule has 0 rings (SSSR count). The lowest BCUT2D eigenvalue weighted by Crippen LogP contribution is -2.38. The highest BCUT2D eigenvalue weighted by Crippen LogP contribution is 2.16. The molecule has 0 saturated carbocycles. The minimum atomic E-state index is 0.527. The van der Waals surface area contributed by atoms with Crippen LogP contribution in [0.25, 0.3) is 0 Å². The first-order valence-electron chi connectivity index (χ1n) is 5.69. The van der Waals surface area contributed by atoms with Gasteiger partial charge in [-0.1, -0.05) is 29.8 Å². The summed E-state index contributed by atoms with van der Waals surface area (Å²) in [5, 5.41) is 9.65. The highest BCUT2D eigenvalue weighted by atomic mass is 79.9. The largest absolute Gasteiger partial charge is 0.300 e. The Hall–Kier alpha value is -0.0700. The van der Waals surface area contributed by atoms with Gasteiger partial charge in [-0.2, -0.15) is 5.26 Å². The lowest BCUT2D eigenvalue weighted by Gasteiger charge is -2.31. The lowest BCUT2D eigenvalue weighted by atomic mass is 9.97. The van der Waals surface area contributed by atoms with Crippen molar-refractivity contribution in [2.75, 3.05) is 18.4 Å². The quantitative estimate of drug-likeness (QED) is 0.667. The molecule has 0 aliphatic carbocycles. The summed E-state index contributed by atoms with van der Waals surface area (Å²) in [6.07, 6.45) is 0.630. The third-order valence-electron chi connectivity index (χ3n) is 2.85.